The molecule has 4 rings (SSSR count). The molecule has 0 radical (unpaired) electrons. The van der Waals surface area contributed by atoms with Gasteiger partial charge in [0.25, 0.3) is 0 Å². The van der Waals surface area contributed by atoms with Gasteiger partial charge in [-0.3, -0.25) is 4.79 Å². The summed E-state index contributed by atoms with van der Waals surface area (Å²) in [6.45, 7) is 3.43. The molecule has 0 spiro atoms. The summed E-state index contributed by atoms with van der Waals surface area (Å²) >= 11 is 0. The van der Waals surface area contributed by atoms with Crippen LogP contribution in [0.1, 0.15) is 37.6 Å². The Hall–Kier alpha value is -3.12. The fourth-order valence-corrected chi connectivity index (χ4v) is 5.38. The zero-order valence-electron chi connectivity index (χ0n) is 19.6. The van der Waals surface area contributed by atoms with Gasteiger partial charge < -0.3 is 9.42 Å². The molecule has 34 heavy (non-hydrogen) atoms. The number of urea groups is 1. The Labute approximate surface area is 197 Å². The Bertz CT molecular complexity index is 1250. The van der Waals surface area contributed by atoms with Crippen molar-refractivity contribution in [2.75, 3.05) is 20.6 Å². The quantitative estimate of drug-likeness (QED) is 0.536. The summed E-state index contributed by atoms with van der Waals surface area (Å²) in [5.41, 5.74) is 0.461. The van der Waals surface area contributed by atoms with Gasteiger partial charge in [-0.25, -0.2) is 17.9 Å². The molecular formula is C22H28N5O6S+. The second kappa shape index (κ2) is 8.58. The highest BCUT2D eigenvalue weighted by Crippen LogP contribution is 2.36. The molecule has 2 aliphatic carbocycles. The maximum atomic E-state index is 13.4. The molecule has 1 unspecified atom stereocenters. The molecule has 182 valence electrons. The topological polar surface area (TPSA) is 133 Å². The molecule has 0 bridgehead atoms. The number of fused-ring (bicyclic) bond motifs is 1. The number of carbonyl (C=O) groups is 3. The number of hydrogen-bond donors (Lipinski definition) is 1. The molecule has 11 nitrogen and oxygen atoms in total. The van der Waals surface area contributed by atoms with Crippen molar-refractivity contribution in [3.63, 3.8) is 0 Å². The fourth-order valence-electron chi connectivity index (χ4n) is 3.85. The molecule has 1 fully saturated rings. The van der Waals surface area contributed by atoms with Gasteiger partial charge in [0.2, 0.25) is 15.9 Å². The summed E-state index contributed by atoms with van der Waals surface area (Å²) in [4.78, 5) is 41.2. The number of nitrogens with one attached hydrogen (secondary N) is 1. The number of aromatic nitrogens is 1. The maximum Gasteiger partial charge on any atom is 0.501 e. The molecular weight excluding hydrogens is 462 g/mol. The fraction of sp³-hybridized carbons (Fsp3) is 0.500. The number of rotatable bonds is 8. The zero-order valence-corrected chi connectivity index (χ0v) is 20.4. The molecule has 12 heteroatoms. The minimum atomic E-state index is -3.85. The van der Waals surface area contributed by atoms with Crippen LogP contribution in [0, 0.1) is 12.8 Å². The number of imide groups is 1. The molecule has 0 saturated heterocycles. The number of sulfonamides is 1. The first-order valence-electron chi connectivity index (χ1n) is 11.0. The van der Waals surface area contributed by atoms with Crippen LogP contribution in [-0.2, 0) is 26.2 Å². The van der Waals surface area contributed by atoms with Gasteiger partial charge in [-0.05, 0) is 44.9 Å². The van der Waals surface area contributed by atoms with E-state index in [1.165, 1.54) is 27.7 Å². The monoisotopic (exact) mass is 490 g/mol. The highest BCUT2D eigenvalue weighted by molar-refractivity contribution is 7.93. The van der Waals surface area contributed by atoms with Crippen molar-refractivity contribution in [2.45, 2.75) is 45.2 Å². The van der Waals surface area contributed by atoms with E-state index in [4.69, 9.17) is 4.52 Å². The standard InChI is InChI=1S/C22H28N5O6S/c1-14-11-15(33-23-14)13-27-20(29)17-12-16(34(31,32)24-22(2)8-9-22)5-6-18(17)26(21(27)30)10-7-19(28)25(3)4/h5-6,11-12,17,24H,7-10,13H2,1-4H3/q+1. The molecule has 1 aromatic heterocycles. The van der Waals surface area contributed by atoms with Gasteiger partial charge in [-0.2, -0.15) is 14.3 Å². The Morgan fingerprint density at radius 2 is 2.03 bits per heavy atom. The molecule has 1 aromatic rings. The second-order valence-electron chi connectivity index (χ2n) is 9.30. The first-order valence-corrected chi connectivity index (χ1v) is 12.4. The molecule has 1 aliphatic heterocycles. The van der Waals surface area contributed by atoms with E-state index in [1.54, 1.807) is 27.1 Å². The smallest absolute Gasteiger partial charge is 0.357 e. The number of allylic oxidation sites excluding steroid dienone is 2. The van der Waals surface area contributed by atoms with E-state index in [0.29, 0.717) is 17.2 Å². The van der Waals surface area contributed by atoms with Crippen molar-refractivity contribution < 1.29 is 31.9 Å². The van der Waals surface area contributed by atoms with Crippen molar-refractivity contribution in [3.8, 4) is 0 Å². The Morgan fingerprint density at radius 3 is 2.62 bits per heavy atom. The highest BCUT2D eigenvalue weighted by Gasteiger charge is 2.49. The van der Waals surface area contributed by atoms with Gasteiger partial charge in [0.15, 0.2) is 12.3 Å². The van der Waals surface area contributed by atoms with Crippen molar-refractivity contribution in [2.24, 2.45) is 5.92 Å². The minimum absolute atomic E-state index is 0.0307. The van der Waals surface area contributed by atoms with Crippen LogP contribution >= 0.6 is 0 Å². The Morgan fingerprint density at radius 1 is 1.32 bits per heavy atom. The van der Waals surface area contributed by atoms with E-state index < -0.39 is 33.4 Å². The van der Waals surface area contributed by atoms with Gasteiger partial charge in [0, 0.05) is 25.7 Å². The third-order valence-corrected chi connectivity index (χ3v) is 7.76. The first-order chi connectivity index (χ1) is 15.9. The molecule has 3 aliphatic rings. The first kappa shape index (κ1) is 24.0. The van der Waals surface area contributed by atoms with Crippen LogP contribution in [0.5, 0.6) is 0 Å². The molecule has 2 heterocycles. The highest BCUT2D eigenvalue weighted by atomic mass is 32.2. The molecule has 4 amide bonds. The molecule has 0 aromatic carbocycles. The lowest BCUT2D eigenvalue weighted by molar-refractivity contribution is -0.439. The largest absolute Gasteiger partial charge is 0.501 e. The predicted molar refractivity (Wildman–Crippen MR) is 121 cm³/mol. The summed E-state index contributed by atoms with van der Waals surface area (Å²) in [6.07, 6.45) is 5.75. The van der Waals surface area contributed by atoms with E-state index in [2.05, 4.69) is 9.88 Å². The SMILES string of the molecule is Cc1cc(CN2C(=O)C3C=C(S(=O)(=O)NC4(C)CC4)C=CC3=[N+](CCC(=O)N(C)C)C2=O)on1. The Balaban J connectivity index is 1.70. The molecule has 1 saturated carbocycles. The van der Waals surface area contributed by atoms with Gasteiger partial charge in [-0.1, -0.05) is 5.16 Å². The number of amides is 4. The summed E-state index contributed by atoms with van der Waals surface area (Å²) in [6, 6.07) is 1.01. The number of hydrogen-bond acceptors (Lipinski definition) is 7. The third-order valence-electron chi connectivity index (χ3n) is 6.10. The van der Waals surface area contributed by atoms with Gasteiger partial charge in [0.1, 0.15) is 18.2 Å². The number of nitrogens with zero attached hydrogens (tertiary/aromatic N) is 4. The number of carbonyl (C=O) groups excluding carboxylic acids is 3. The van der Waals surface area contributed by atoms with E-state index in [-0.39, 0.29) is 30.3 Å². The van der Waals surface area contributed by atoms with Gasteiger partial charge in [0.05, 0.1) is 17.0 Å². The zero-order chi connectivity index (χ0) is 24.8. The predicted octanol–water partition coefficient (Wildman–Crippen LogP) is 0.919. The van der Waals surface area contributed by atoms with Crippen LogP contribution in [0.15, 0.2) is 33.7 Å². The maximum absolute atomic E-state index is 13.4. The van der Waals surface area contributed by atoms with E-state index in [0.717, 1.165) is 17.7 Å². The van der Waals surface area contributed by atoms with Crippen molar-refractivity contribution in [1.29, 1.82) is 0 Å². The minimum Gasteiger partial charge on any atom is -0.357 e. The van der Waals surface area contributed by atoms with E-state index in [9.17, 15) is 22.8 Å². The summed E-state index contributed by atoms with van der Waals surface area (Å²) < 4.78 is 35.0. The molecule has 1 N–H and O–H groups in total. The van der Waals surface area contributed by atoms with Gasteiger partial charge in [-0.15, -0.1) is 0 Å². The van der Waals surface area contributed by atoms with Gasteiger partial charge >= 0.3 is 11.9 Å². The Kier molecular flexibility index (Phi) is 6.06. The van der Waals surface area contributed by atoms with Crippen LogP contribution < -0.4 is 4.72 Å². The van der Waals surface area contributed by atoms with Crippen molar-refractivity contribution in [1.82, 2.24) is 19.7 Å². The average molecular weight is 491 g/mol. The lowest BCUT2D eigenvalue weighted by Crippen LogP contribution is -2.54. The van der Waals surface area contributed by atoms with E-state index >= 15 is 0 Å². The van der Waals surface area contributed by atoms with Crippen LogP contribution in [0.25, 0.3) is 0 Å². The van der Waals surface area contributed by atoms with Crippen LogP contribution in [0.4, 0.5) is 4.79 Å². The van der Waals surface area contributed by atoms with Crippen LogP contribution in [0.3, 0.4) is 0 Å². The number of aryl methyl sites for hydroxylation is 1. The van der Waals surface area contributed by atoms with Crippen LogP contribution in [0.2, 0.25) is 0 Å². The lowest BCUT2D eigenvalue weighted by atomic mass is 9.94. The molecule has 1 atom stereocenters. The van der Waals surface area contributed by atoms with E-state index in [1.807, 2.05) is 6.92 Å². The normalized spacial score (nSPS) is 21.5. The summed E-state index contributed by atoms with van der Waals surface area (Å²) in [5, 5.41) is 3.79. The summed E-state index contributed by atoms with van der Waals surface area (Å²) in [5.74, 6) is -1.43. The average Bonchev–Trinajstić information content (AvgIpc) is 3.33. The second-order valence-corrected chi connectivity index (χ2v) is 11.0. The van der Waals surface area contributed by atoms with Crippen molar-refractivity contribution >= 4 is 33.6 Å². The van der Waals surface area contributed by atoms with Crippen LogP contribution in [-0.4, -0.2) is 77.7 Å². The summed E-state index contributed by atoms with van der Waals surface area (Å²) in [7, 11) is -0.612. The third kappa shape index (κ3) is 4.73. The lowest BCUT2D eigenvalue weighted by Gasteiger charge is -2.27. The van der Waals surface area contributed by atoms with Crippen molar-refractivity contribution in [3.05, 3.63) is 40.7 Å².